The first-order valence-electron chi connectivity index (χ1n) is 7.36. The van der Waals surface area contributed by atoms with Gasteiger partial charge in [-0.1, -0.05) is 24.3 Å². The molecule has 1 atom stereocenters. The number of hydrogen-bond acceptors (Lipinski definition) is 3. The number of hydrogen-bond donors (Lipinski definition) is 1. The van der Waals surface area contributed by atoms with Crippen LogP contribution in [0, 0.1) is 0 Å². The third kappa shape index (κ3) is 3.37. The van der Waals surface area contributed by atoms with Crippen LogP contribution in [-0.2, 0) is 22.7 Å². The van der Waals surface area contributed by atoms with Crippen molar-refractivity contribution < 1.29 is 13.2 Å². The predicted octanol–water partition coefficient (Wildman–Crippen LogP) is 0.984. The van der Waals surface area contributed by atoms with E-state index in [2.05, 4.69) is 17.4 Å². The fraction of sp³-hybridized carbons (Fsp3) is 0.533. The highest BCUT2D eigenvalue weighted by Crippen LogP contribution is 2.21. The van der Waals surface area contributed by atoms with E-state index < -0.39 is 9.84 Å². The lowest BCUT2D eigenvalue weighted by atomic mass is 9.88. The minimum Gasteiger partial charge on any atom is -0.335 e. The molecule has 1 unspecified atom stereocenters. The van der Waals surface area contributed by atoms with Gasteiger partial charge >= 0.3 is 6.03 Å². The molecule has 0 saturated carbocycles. The van der Waals surface area contributed by atoms with Gasteiger partial charge in [-0.15, -0.1) is 0 Å². The zero-order valence-electron chi connectivity index (χ0n) is 11.9. The lowest BCUT2D eigenvalue weighted by Crippen LogP contribution is -2.51. The predicted molar refractivity (Wildman–Crippen MR) is 81.0 cm³/mol. The molecule has 0 bridgehead atoms. The Kier molecular flexibility index (Phi) is 3.89. The molecule has 5 nitrogen and oxygen atoms in total. The van der Waals surface area contributed by atoms with Crippen LogP contribution in [0.25, 0.3) is 0 Å². The molecule has 1 aromatic rings. The van der Waals surface area contributed by atoms with Crippen molar-refractivity contribution in [3.05, 3.63) is 35.4 Å². The molecule has 2 aliphatic rings. The van der Waals surface area contributed by atoms with E-state index >= 15 is 0 Å². The van der Waals surface area contributed by atoms with E-state index in [0.717, 1.165) is 19.3 Å². The summed E-state index contributed by atoms with van der Waals surface area (Å²) >= 11 is 0. The zero-order chi connectivity index (χ0) is 14.9. The third-order valence-electron chi connectivity index (χ3n) is 4.31. The van der Waals surface area contributed by atoms with Gasteiger partial charge in [-0.2, -0.15) is 0 Å². The molecular weight excluding hydrogens is 288 g/mol. The summed E-state index contributed by atoms with van der Waals surface area (Å²) in [6.07, 6.45) is 2.78. The second-order valence-electron chi connectivity index (χ2n) is 5.80. The van der Waals surface area contributed by atoms with Crippen LogP contribution < -0.4 is 5.32 Å². The molecule has 114 valence electrons. The van der Waals surface area contributed by atoms with Gasteiger partial charge in [0.25, 0.3) is 0 Å². The Bertz CT molecular complexity index is 628. The van der Waals surface area contributed by atoms with Crippen molar-refractivity contribution in [2.24, 2.45) is 0 Å². The van der Waals surface area contributed by atoms with Crippen molar-refractivity contribution in [2.75, 3.05) is 24.6 Å². The lowest BCUT2D eigenvalue weighted by molar-refractivity contribution is 0.196. The number of nitrogens with zero attached hydrogens (tertiary/aromatic N) is 1. The van der Waals surface area contributed by atoms with E-state index in [-0.39, 0.29) is 23.6 Å². The number of amides is 2. The Hall–Kier alpha value is -1.56. The highest BCUT2D eigenvalue weighted by Gasteiger charge is 2.27. The first-order valence-corrected chi connectivity index (χ1v) is 9.18. The van der Waals surface area contributed by atoms with Crippen LogP contribution in [0.4, 0.5) is 4.79 Å². The number of nitrogens with one attached hydrogen (secondary N) is 1. The number of aryl methyl sites for hydroxylation is 1. The Morgan fingerprint density at radius 1 is 1.14 bits per heavy atom. The minimum atomic E-state index is -2.94. The summed E-state index contributed by atoms with van der Waals surface area (Å²) in [6, 6.07) is 8.34. The molecular formula is C15H20N2O3S. The average Bonchev–Trinajstić information content (AvgIpc) is 2.47. The molecule has 0 spiro atoms. The van der Waals surface area contributed by atoms with Gasteiger partial charge < -0.3 is 10.2 Å². The van der Waals surface area contributed by atoms with E-state index in [0.29, 0.717) is 13.1 Å². The largest absolute Gasteiger partial charge is 0.335 e. The number of rotatable bonds is 1. The summed E-state index contributed by atoms with van der Waals surface area (Å²) in [7, 11) is -2.94. The molecule has 1 aliphatic carbocycles. The van der Waals surface area contributed by atoms with Crippen molar-refractivity contribution in [3.8, 4) is 0 Å². The van der Waals surface area contributed by atoms with Crippen LogP contribution in [-0.4, -0.2) is 50.0 Å². The number of carbonyl (C=O) groups excluding carboxylic acids is 1. The van der Waals surface area contributed by atoms with Crippen LogP contribution in [0.3, 0.4) is 0 Å². The SMILES string of the molecule is O=C(NC1CCc2ccccc2C1)N1CCS(=O)(=O)CC1. The van der Waals surface area contributed by atoms with E-state index in [1.165, 1.54) is 11.1 Å². The van der Waals surface area contributed by atoms with Gasteiger partial charge in [-0.25, -0.2) is 13.2 Å². The molecule has 1 aliphatic heterocycles. The molecule has 6 heteroatoms. The maximum absolute atomic E-state index is 12.2. The summed E-state index contributed by atoms with van der Waals surface area (Å²) in [5, 5.41) is 3.05. The van der Waals surface area contributed by atoms with Crippen LogP contribution in [0.5, 0.6) is 0 Å². The Labute approximate surface area is 125 Å². The summed E-state index contributed by atoms with van der Waals surface area (Å²) < 4.78 is 22.8. The summed E-state index contributed by atoms with van der Waals surface area (Å²) in [5.41, 5.74) is 2.67. The van der Waals surface area contributed by atoms with Crippen molar-refractivity contribution in [2.45, 2.75) is 25.3 Å². The standard InChI is InChI=1S/C15H20N2O3S/c18-15(17-7-9-21(19,20)10-8-17)16-14-6-5-12-3-1-2-4-13(12)11-14/h1-4,14H,5-11H2,(H,16,18). The normalized spacial score (nSPS) is 24.2. The molecule has 3 rings (SSSR count). The molecule has 21 heavy (non-hydrogen) atoms. The Balaban J connectivity index is 1.57. The number of urea groups is 1. The third-order valence-corrected chi connectivity index (χ3v) is 5.92. The number of sulfone groups is 1. The van der Waals surface area contributed by atoms with Crippen LogP contribution >= 0.6 is 0 Å². The van der Waals surface area contributed by atoms with Crippen LogP contribution in [0.1, 0.15) is 17.5 Å². The highest BCUT2D eigenvalue weighted by atomic mass is 32.2. The van der Waals surface area contributed by atoms with Gasteiger partial charge in [0.15, 0.2) is 9.84 Å². The van der Waals surface area contributed by atoms with E-state index in [9.17, 15) is 13.2 Å². The summed E-state index contributed by atoms with van der Waals surface area (Å²) in [6.45, 7) is 0.606. The van der Waals surface area contributed by atoms with Gasteiger partial charge in [-0.3, -0.25) is 0 Å². The van der Waals surface area contributed by atoms with Gasteiger partial charge in [0.05, 0.1) is 11.5 Å². The monoisotopic (exact) mass is 308 g/mol. The average molecular weight is 308 g/mol. The van der Waals surface area contributed by atoms with Gasteiger partial charge in [0, 0.05) is 19.1 Å². The molecule has 1 fully saturated rings. The summed E-state index contributed by atoms with van der Waals surface area (Å²) in [4.78, 5) is 13.8. The Morgan fingerprint density at radius 3 is 2.52 bits per heavy atom. The minimum absolute atomic E-state index is 0.0773. The first kappa shape index (κ1) is 14.4. The smallest absolute Gasteiger partial charge is 0.317 e. The molecule has 0 aromatic heterocycles. The number of carbonyl (C=O) groups is 1. The van der Waals surface area contributed by atoms with Gasteiger partial charge in [0.1, 0.15) is 0 Å². The van der Waals surface area contributed by atoms with Crippen molar-refractivity contribution in [3.63, 3.8) is 0 Å². The molecule has 0 radical (unpaired) electrons. The second-order valence-corrected chi connectivity index (χ2v) is 8.10. The zero-order valence-corrected chi connectivity index (χ0v) is 12.7. The molecule has 1 N–H and O–H groups in total. The van der Waals surface area contributed by atoms with Crippen molar-refractivity contribution in [1.82, 2.24) is 10.2 Å². The highest BCUT2D eigenvalue weighted by molar-refractivity contribution is 7.91. The maximum atomic E-state index is 12.2. The lowest BCUT2D eigenvalue weighted by Gasteiger charge is -2.31. The van der Waals surface area contributed by atoms with E-state index in [1.807, 2.05) is 12.1 Å². The summed E-state index contributed by atoms with van der Waals surface area (Å²) in [5.74, 6) is 0.155. The molecule has 1 saturated heterocycles. The molecule has 1 heterocycles. The second kappa shape index (κ2) is 5.67. The van der Waals surface area contributed by atoms with Crippen molar-refractivity contribution in [1.29, 1.82) is 0 Å². The van der Waals surface area contributed by atoms with Crippen LogP contribution in [0.2, 0.25) is 0 Å². The molecule has 2 amide bonds. The van der Waals surface area contributed by atoms with E-state index in [1.54, 1.807) is 4.90 Å². The Morgan fingerprint density at radius 2 is 1.81 bits per heavy atom. The fourth-order valence-electron chi connectivity index (χ4n) is 3.00. The van der Waals surface area contributed by atoms with Crippen molar-refractivity contribution >= 4 is 15.9 Å². The van der Waals surface area contributed by atoms with E-state index in [4.69, 9.17) is 0 Å². The topological polar surface area (TPSA) is 66.5 Å². The molecule has 1 aromatic carbocycles. The number of fused-ring (bicyclic) bond motifs is 1. The fourth-order valence-corrected chi connectivity index (χ4v) is 4.20. The van der Waals surface area contributed by atoms with Gasteiger partial charge in [-0.05, 0) is 30.4 Å². The quantitative estimate of drug-likeness (QED) is 0.841. The number of benzene rings is 1. The van der Waals surface area contributed by atoms with Gasteiger partial charge in [0.2, 0.25) is 0 Å². The first-order chi connectivity index (χ1) is 10.0. The van der Waals surface area contributed by atoms with Crippen LogP contribution in [0.15, 0.2) is 24.3 Å². The maximum Gasteiger partial charge on any atom is 0.317 e.